The molecule has 0 unspecified atom stereocenters. The molecule has 0 radical (unpaired) electrons. The van der Waals surface area contributed by atoms with Crippen LogP contribution in [0.2, 0.25) is 0 Å². The Balaban J connectivity index is 1.73. The third-order valence-corrected chi connectivity index (χ3v) is 4.48. The zero-order valence-electron chi connectivity index (χ0n) is 11.8. The van der Waals surface area contributed by atoms with E-state index in [-0.39, 0.29) is 5.84 Å². The highest BCUT2D eigenvalue weighted by Gasteiger charge is 2.29. The van der Waals surface area contributed by atoms with Gasteiger partial charge in [0.1, 0.15) is 0 Å². The second kappa shape index (κ2) is 6.28. The van der Waals surface area contributed by atoms with Gasteiger partial charge in [0.05, 0.1) is 0 Å². The second-order valence-corrected chi connectivity index (χ2v) is 6.23. The minimum absolute atomic E-state index is 0.160. The van der Waals surface area contributed by atoms with Gasteiger partial charge in [-0.1, -0.05) is 23.4 Å². The number of oxime groups is 1. The number of hydrogen-bond donors (Lipinski definition) is 2. The number of benzene rings is 1. The minimum Gasteiger partial charge on any atom is -0.409 e. The summed E-state index contributed by atoms with van der Waals surface area (Å²) in [4.78, 5) is 2.51. The van der Waals surface area contributed by atoms with Gasteiger partial charge in [-0.05, 0) is 46.9 Å². The topological polar surface area (TPSA) is 61.9 Å². The molecular formula is C16H19N3OS. The van der Waals surface area contributed by atoms with Crippen LogP contribution in [-0.4, -0.2) is 22.0 Å². The normalized spacial score (nSPS) is 15.6. The second-order valence-electron chi connectivity index (χ2n) is 5.45. The summed E-state index contributed by atoms with van der Waals surface area (Å²) in [7, 11) is 0. The Hall–Kier alpha value is -1.85. The largest absolute Gasteiger partial charge is 0.409 e. The maximum Gasteiger partial charge on any atom is 0.170 e. The highest BCUT2D eigenvalue weighted by atomic mass is 32.1. The molecule has 2 aromatic rings. The van der Waals surface area contributed by atoms with Crippen molar-refractivity contribution in [1.29, 1.82) is 0 Å². The van der Waals surface area contributed by atoms with Crippen molar-refractivity contribution in [3.8, 4) is 0 Å². The van der Waals surface area contributed by atoms with Gasteiger partial charge in [-0.25, -0.2) is 0 Å². The van der Waals surface area contributed by atoms with Crippen molar-refractivity contribution >= 4 is 17.2 Å². The van der Waals surface area contributed by atoms with E-state index < -0.39 is 0 Å². The van der Waals surface area contributed by atoms with Crippen molar-refractivity contribution in [2.75, 3.05) is 0 Å². The molecule has 21 heavy (non-hydrogen) atoms. The maximum absolute atomic E-state index is 8.78. The highest BCUT2D eigenvalue weighted by molar-refractivity contribution is 7.07. The van der Waals surface area contributed by atoms with Gasteiger partial charge in [0, 0.05) is 24.7 Å². The summed E-state index contributed by atoms with van der Waals surface area (Å²) in [5.74, 6) is 0.160. The molecule has 0 saturated heterocycles. The van der Waals surface area contributed by atoms with E-state index in [0.717, 1.165) is 18.7 Å². The van der Waals surface area contributed by atoms with Gasteiger partial charge in [-0.2, -0.15) is 11.3 Å². The minimum atomic E-state index is 0.160. The number of nitrogens with two attached hydrogens (primary N) is 1. The number of amidine groups is 1. The molecule has 1 aliphatic rings. The van der Waals surface area contributed by atoms with Gasteiger partial charge in [0.15, 0.2) is 5.84 Å². The first kappa shape index (κ1) is 14.1. The highest BCUT2D eigenvalue weighted by Crippen LogP contribution is 2.30. The fourth-order valence-electron chi connectivity index (χ4n) is 2.49. The molecule has 4 nitrogen and oxygen atoms in total. The average Bonchev–Trinajstić information content (AvgIpc) is 3.24. The smallest absolute Gasteiger partial charge is 0.170 e. The zero-order valence-corrected chi connectivity index (χ0v) is 12.6. The maximum atomic E-state index is 8.78. The average molecular weight is 301 g/mol. The zero-order chi connectivity index (χ0) is 14.7. The van der Waals surface area contributed by atoms with Crippen LogP contribution in [-0.2, 0) is 13.1 Å². The van der Waals surface area contributed by atoms with Crippen LogP contribution in [0.25, 0.3) is 0 Å². The first-order valence-electron chi connectivity index (χ1n) is 7.08. The molecule has 1 aromatic carbocycles. The molecule has 3 rings (SSSR count). The third kappa shape index (κ3) is 3.62. The van der Waals surface area contributed by atoms with E-state index in [1.807, 2.05) is 18.2 Å². The molecule has 110 valence electrons. The molecule has 0 bridgehead atoms. The van der Waals surface area contributed by atoms with Gasteiger partial charge in [-0.3, -0.25) is 4.90 Å². The number of thiophene rings is 1. The van der Waals surface area contributed by atoms with Gasteiger partial charge >= 0.3 is 0 Å². The van der Waals surface area contributed by atoms with E-state index in [0.29, 0.717) is 6.04 Å². The predicted molar refractivity (Wildman–Crippen MR) is 85.5 cm³/mol. The fourth-order valence-corrected chi connectivity index (χ4v) is 3.15. The van der Waals surface area contributed by atoms with E-state index in [4.69, 9.17) is 10.9 Å². The molecular weight excluding hydrogens is 282 g/mol. The van der Waals surface area contributed by atoms with E-state index in [1.54, 1.807) is 11.3 Å². The molecule has 3 N–H and O–H groups in total. The van der Waals surface area contributed by atoms with E-state index in [1.165, 1.54) is 24.0 Å². The van der Waals surface area contributed by atoms with Crippen LogP contribution in [0.3, 0.4) is 0 Å². The molecule has 1 heterocycles. The monoisotopic (exact) mass is 301 g/mol. The summed E-state index contributed by atoms with van der Waals surface area (Å²) < 4.78 is 0. The quantitative estimate of drug-likeness (QED) is 0.373. The van der Waals surface area contributed by atoms with Gasteiger partial charge in [0.2, 0.25) is 0 Å². The van der Waals surface area contributed by atoms with Crippen molar-refractivity contribution in [3.63, 3.8) is 0 Å². The van der Waals surface area contributed by atoms with E-state index in [2.05, 4.69) is 32.9 Å². The van der Waals surface area contributed by atoms with Crippen molar-refractivity contribution in [1.82, 2.24) is 4.90 Å². The lowest BCUT2D eigenvalue weighted by atomic mass is 10.1. The Morgan fingerprint density at radius 3 is 2.76 bits per heavy atom. The Morgan fingerprint density at radius 1 is 1.29 bits per heavy atom. The Kier molecular flexibility index (Phi) is 4.22. The van der Waals surface area contributed by atoms with Crippen molar-refractivity contribution < 1.29 is 5.21 Å². The molecule has 1 aromatic heterocycles. The Labute approximate surface area is 128 Å². The Bertz CT molecular complexity index is 620. The van der Waals surface area contributed by atoms with Crippen molar-refractivity contribution in [2.45, 2.75) is 32.0 Å². The Morgan fingerprint density at radius 2 is 2.10 bits per heavy atom. The summed E-state index contributed by atoms with van der Waals surface area (Å²) in [6.07, 6.45) is 2.56. The lowest BCUT2D eigenvalue weighted by Gasteiger charge is -2.22. The number of nitrogens with zero attached hydrogens (tertiary/aromatic N) is 2. The first-order chi connectivity index (χ1) is 10.3. The van der Waals surface area contributed by atoms with E-state index >= 15 is 0 Å². The summed E-state index contributed by atoms with van der Waals surface area (Å²) in [5, 5.41) is 16.2. The van der Waals surface area contributed by atoms with Crippen LogP contribution in [0.15, 0.2) is 46.2 Å². The lowest BCUT2D eigenvalue weighted by molar-refractivity contribution is 0.246. The van der Waals surface area contributed by atoms with Crippen LogP contribution in [0, 0.1) is 0 Å². The molecule has 0 spiro atoms. The summed E-state index contributed by atoms with van der Waals surface area (Å²) >= 11 is 1.74. The standard InChI is InChI=1S/C16H19N3OS/c17-16(18-20)14-3-1-2-12(8-14)9-19(15-4-5-15)10-13-6-7-21-11-13/h1-3,6-8,11,15,20H,4-5,9-10H2,(H2,17,18). The number of hydrogen-bond acceptors (Lipinski definition) is 4. The third-order valence-electron chi connectivity index (χ3n) is 3.75. The summed E-state index contributed by atoms with van der Waals surface area (Å²) in [6.45, 7) is 1.88. The van der Waals surface area contributed by atoms with E-state index in [9.17, 15) is 0 Å². The fraction of sp³-hybridized carbons (Fsp3) is 0.312. The van der Waals surface area contributed by atoms with Crippen LogP contribution >= 0.6 is 11.3 Å². The molecule has 1 saturated carbocycles. The van der Waals surface area contributed by atoms with Crippen molar-refractivity contribution in [3.05, 3.63) is 57.8 Å². The van der Waals surface area contributed by atoms with Gasteiger partial charge < -0.3 is 10.9 Å². The lowest BCUT2D eigenvalue weighted by Crippen LogP contribution is -2.25. The molecule has 0 aliphatic heterocycles. The number of rotatable bonds is 6. The SMILES string of the molecule is NC(=NO)c1cccc(CN(Cc2ccsc2)C2CC2)c1. The molecule has 1 aliphatic carbocycles. The van der Waals surface area contributed by atoms with Crippen molar-refractivity contribution in [2.24, 2.45) is 10.9 Å². The van der Waals surface area contributed by atoms with Crippen LogP contribution in [0.5, 0.6) is 0 Å². The molecule has 0 atom stereocenters. The molecule has 0 amide bonds. The molecule has 1 fully saturated rings. The summed E-state index contributed by atoms with van der Waals surface area (Å²) in [5.41, 5.74) is 9.00. The van der Waals surface area contributed by atoms with Gasteiger partial charge in [-0.15, -0.1) is 0 Å². The van der Waals surface area contributed by atoms with Crippen LogP contribution < -0.4 is 5.73 Å². The van der Waals surface area contributed by atoms with Crippen LogP contribution in [0.1, 0.15) is 29.5 Å². The van der Waals surface area contributed by atoms with Gasteiger partial charge in [0.25, 0.3) is 0 Å². The van der Waals surface area contributed by atoms with Crippen LogP contribution in [0.4, 0.5) is 0 Å². The summed E-state index contributed by atoms with van der Waals surface area (Å²) in [6, 6.07) is 10.8. The molecule has 5 heteroatoms. The first-order valence-corrected chi connectivity index (χ1v) is 8.02. The predicted octanol–water partition coefficient (Wildman–Crippen LogP) is 3.01.